The van der Waals surface area contributed by atoms with Crippen LogP contribution >= 0.6 is 0 Å². The molecule has 0 bridgehead atoms. The van der Waals surface area contributed by atoms with Crippen molar-refractivity contribution in [1.82, 2.24) is 20.1 Å². The summed E-state index contributed by atoms with van der Waals surface area (Å²) in [6.07, 6.45) is 1.75. The van der Waals surface area contributed by atoms with Crippen LogP contribution in [0.15, 0.2) is 42.6 Å². The lowest BCUT2D eigenvalue weighted by molar-refractivity contribution is 0.0946. The average Bonchev–Trinajstić information content (AvgIpc) is 3.42. The van der Waals surface area contributed by atoms with E-state index >= 15 is 0 Å². The van der Waals surface area contributed by atoms with Crippen LogP contribution in [-0.4, -0.2) is 33.7 Å². The molecule has 0 atom stereocenters. The normalized spacial score (nSPS) is 11.2. The third kappa shape index (κ3) is 3.94. The fraction of sp³-hybridized carbons (Fsp3) is 0.208. The van der Waals surface area contributed by atoms with Gasteiger partial charge in [0.05, 0.1) is 18.2 Å². The Kier molecular flexibility index (Phi) is 5.97. The molecule has 4 aromatic rings. The second kappa shape index (κ2) is 8.89. The molecule has 34 heavy (non-hydrogen) atoms. The highest BCUT2D eigenvalue weighted by molar-refractivity contribution is 6.07. The number of hydrogen-bond acceptors (Lipinski definition) is 5. The molecule has 0 aliphatic rings. The number of fused-ring (bicyclic) bond motifs is 1. The molecule has 176 valence electrons. The minimum Gasteiger partial charge on any atom is -0.496 e. The first-order valence-corrected chi connectivity index (χ1v) is 10.6. The summed E-state index contributed by atoms with van der Waals surface area (Å²) in [5.41, 5.74) is 14.7. The number of primary amides is 1. The molecule has 0 unspecified atom stereocenters. The molecule has 10 heteroatoms. The summed E-state index contributed by atoms with van der Waals surface area (Å²) in [6.45, 7) is 3.98. The number of halogens is 1. The Morgan fingerprint density at radius 3 is 2.68 bits per heavy atom. The van der Waals surface area contributed by atoms with E-state index in [4.69, 9.17) is 16.2 Å². The number of carbonyl (C=O) groups is 2. The van der Waals surface area contributed by atoms with Gasteiger partial charge in [-0.3, -0.25) is 9.59 Å². The minimum atomic E-state index is -0.663. The minimum absolute atomic E-state index is 0.0668. The van der Waals surface area contributed by atoms with Gasteiger partial charge < -0.3 is 26.5 Å². The van der Waals surface area contributed by atoms with Crippen LogP contribution in [0.5, 0.6) is 5.75 Å². The predicted octanol–water partition coefficient (Wildman–Crippen LogP) is 3.37. The number of methoxy groups -OCH3 is 1. The van der Waals surface area contributed by atoms with Crippen molar-refractivity contribution >= 4 is 28.5 Å². The van der Waals surface area contributed by atoms with Gasteiger partial charge in [-0.15, -0.1) is 0 Å². The zero-order valence-electron chi connectivity index (χ0n) is 19.0. The summed E-state index contributed by atoms with van der Waals surface area (Å²) in [6, 6.07) is 9.16. The van der Waals surface area contributed by atoms with E-state index < -0.39 is 17.6 Å². The van der Waals surface area contributed by atoms with Crippen molar-refractivity contribution in [3.63, 3.8) is 0 Å². The molecule has 6 N–H and O–H groups in total. The standard InChI is InChI=1S/C24H25FN6O3/c1-12(2)31-22(26)19(23(27)32)21(30-31)15-6-4-13(20-16(15)8-9-28-20)11-29-24(33)17-10-14(25)5-7-18(17)34-3/h4-10,12,28H,11,26H2,1-3H3,(H2,27,32)(H,29,33). The number of H-pyrrole nitrogens is 1. The van der Waals surface area contributed by atoms with Crippen molar-refractivity contribution in [2.24, 2.45) is 5.73 Å². The highest BCUT2D eigenvalue weighted by Gasteiger charge is 2.24. The van der Waals surface area contributed by atoms with Crippen molar-refractivity contribution in [1.29, 1.82) is 0 Å². The largest absolute Gasteiger partial charge is 0.496 e. The summed E-state index contributed by atoms with van der Waals surface area (Å²) in [5.74, 6) is -1.19. The molecule has 2 heterocycles. The van der Waals surface area contributed by atoms with E-state index in [1.165, 1.54) is 19.2 Å². The van der Waals surface area contributed by atoms with Gasteiger partial charge in [-0.1, -0.05) is 12.1 Å². The van der Waals surface area contributed by atoms with Gasteiger partial charge in [0.15, 0.2) is 0 Å². The van der Waals surface area contributed by atoms with Crippen molar-refractivity contribution in [2.45, 2.75) is 26.4 Å². The number of aromatic nitrogens is 3. The topological polar surface area (TPSA) is 141 Å². The Labute approximate surface area is 194 Å². The van der Waals surface area contributed by atoms with Crippen molar-refractivity contribution in [2.75, 3.05) is 12.8 Å². The van der Waals surface area contributed by atoms with E-state index in [-0.39, 0.29) is 35.3 Å². The lowest BCUT2D eigenvalue weighted by Gasteiger charge is -2.11. The maximum atomic E-state index is 13.7. The number of nitrogens with zero attached hydrogens (tertiary/aromatic N) is 2. The summed E-state index contributed by atoms with van der Waals surface area (Å²) < 4.78 is 20.4. The van der Waals surface area contributed by atoms with Gasteiger partial charge >= 0.3 is 0 Å². The van der Waals surface area contributed by atoms with Crippen LogP contribution in [0.25, 0.3) is 22.2 Å². The number of benzene rings is 2. The fourth-order valence-electron chi connectivity index (χ4n) is 3.97. The molecule has 9 nitrogen and oxygen atoms in total. The molecule has 4 rings (SSSR count). The number of aromatic amines is 1. The number of nitrogens with two attached hydrogens (primary N) is 2. The molecule has 0 radical (unpaired) electrons. The number of carbonyl (C=O) groups excluding carboxylic acids is 2. The first-order valence-electron chi connectivity index (χ1n) is 10.6. The lowest BCUT2D eigenvalue weighted by Crippen LogP contribution is -2.23. The van der Waals surface area contributed by atoms with Gasteiger partial charge in [-0.05, 0) is 43.7 Å². The van der Waals surface area contributed by atoms with Gasteiger partial charge in [0.2, 0.25) is 0 Å². The van der Waals surface area contributed by atoms with Crippen LogP contribution in [0.3, 0.4) is 0 Å². The number of rotatable bonds is 7. The number of amides is 2. The smallest absolute Gasteiger partial charge is 0.255 e. The lowest BCUT2D eigenvalue weighted by atomic mass is 10.00. The third-order valence-electron chi connectivity index (χ3n) is 5.59. The molecule has 2 aromatic heterocycles. The average molecular weight is 465 g/mol. The number of ether oxygens (including phenoxy) is 1. The summed E-state index contributed by atoms with van der Waals surface area (Å²) >= 11 is 0. The Balaban J connectivity index is 1.70. The molecule has 0 saturated carbocycles. The zero-order valence-corrected chi connectivity index (χ0v) is 19.0. The Morgan fingerprint density at radius 2 is 2.00 bits per heavy atom. The summed E-state index contributed by atoms with van der Waals surface area (Å²) in [4.78, 5) is 28.0. The van der Waals surface area contributed by atoms with Crippen LogP contribution in [-0.2, 0) is 6.54 Å². The van der Waals surface area contributed by atoms with Gasteiger partial charge in [-0.25, -0.2) is 9.07 Å². The van der Waals surface area contributed by atoms with Crippen LogP contribution in [0.2, 0.25) is 0 Å². The molecule has 0 fully saturated rings. The Morgan fingerprint density at radius 1 is 1.24 bits per heavy atom. The summed E-state index contributed by atoms with van der Waals surface area (Å²) in [5, 5.41) is 8.14. The van der Waals surface area contributed by atoms with Gasteiger partial charge in [0.25, 0.3) is 11.8 Å². The van der Waals surface area contributed by atoms with Crippen molar-refractivity contribution in [3.8, 4) is 17.0 Å². The van der Waals surface area contributed by atoms with Gasteiger partial charge in [0, 0.05) is 29.7 Å². The number of anilines is 1. The van der Waals surface area contributed by atoms with E-state index in [1.807, 2.05) is 26.0 Å². The summed E-state index contributed by atoms with van der Waals surface area (Å²) in [7, 11) is 1.42. The SMILES string of the molecule is COc1ccc(F)cc1C(=O)NCc1ccc(-c2nn(C(C)C)c(N)c2C(N)=O)c2cc[nH]c12. The molecule has 2 amide bonds. The second-order valence-electron chi connectivity index (χ2n) is 8.08. The molecule has 2 aromatic carbocycles. The molecule has 0 spiro atoms. The fourth-order valence-corrected chi connectivity index (χ4v) is 3.97. The molecular weight excluding hydrogens is 439 g/mol. The predicted molar refractivity (Wildman–Crippen MR) is 127 cm³/mol. The maximum Gasteiger partial charge on any atom is 0.255 e. The molecular formula is C24H25FN6O3. The molecule has 0 saturated heterocycles. The van der Waals surface area contributed by atoms with E-state index in [0.29, 0.717) is 11.3 Å². The number of nitrogen functional groups attached to an aromatic ring is 1. The maximum absolute atomic E-state index is 13.7. The number of nitrogens with one attached hydrogen (secondary N) is 2. The van der Waals surface area contributed by atoms with Crippen LogP contribution in [0.1, 0.15) is 46.2 Å². The van der Waals surface area contributed by atoms with Crippen molar-refractivity contribution < 1.29 is 18.7 Å². The highest BCUT2D eigenvalue weighted by atomic mass is 19.1. The van der Waals surface area contributed by atoms with E-state index in [0.717, 1.165) is 22.5 Å². The Bertz CT molecular complexity index is 1410. The zero-order chi connectivity index (χ0) is 24.6. The molecule has 0 aliphatic carbocycles. The van der Waals surface area contributed by atoms with E-state index in [2.05, 4.69) is 15.4 Å². The third-order valence-corrected chi connectivity index (χ3v) is 5.59. The second-order valence-corrected chi connectivity index (χ2v) is 8.08. The van der Waals surface area contributed by atoms with Gasteiger partial charge in [-0.2, -0.15) is 5.10 Å². The van der Waals surface area contributed by atoms with E-state index in [1.54, 1.807) is 16.9 Å². The first-order chi connectivity index (χ1) is 16.2. The van der Waals surface area contributed by atoms with Crippen LogP contribution in [0, 0.1) is 5.82 Å². The first kappa shape index (κ1) is 22.8. The van der Waals surface area contributed by atoms with E-state index in [9.17, 15) is 14.0 Å². The van der Waals surface area contributed by atoms with Crippen LogP contribution in [0.4, 0.5) is 10.2 Å². The quantitative estimate of drug-likeness (QED) is 0.332. The van der Waals surface area contributed by atoms with Crippen LogP contribution < -0.4 is 21.5 Å². The monoisotopic (exact) mass is 464 g/mol. The highest BCUT2D eigenvalue weighted by Crippen LogP contribution is 2.35. The number of hydrogen-bond donors (Lipinski definition) is 4. The van der Waals surface area contributed by atoms with Gasteiger partial charge in [0.1, 0.15) is 28.6 Å². The van der Waals surface area contributed by atoms with Crippen molar-refractivity contribution in [3.05, 3.63) is 65.1 Å². The Hall–Kier alpha value is -4.34. The molecule has 0 aliphatic heterocycles.